The van der Waals surface area contributed by atoms with Crippen LogP contribution in [0.4, 0.5) is 5.69 Å². The van der Waals surface area contributed by atoms with Gasteiger partial charge in [0, 0.05) is 25.4 Å². The molecule has 0 fully saturated rings. The van der Waals surface area contributed by atoms with Gasteiger partial charge in [-0.15, -0.1) is 0 Å². The van der Waals surface area contributed by atoms with Crippen LogP contribution in [-0.2, 0) is 17.8 Å². The van der Waals surface area contributed by atoms with Gasteiger partial charge in [-0.3, -0.25) is 9.89 Å². The fourth-order valence-corrected chi connectivity index (χ4v) is 1.94. The largest absolute Gasteiger partial charge is 0.383 e. The third kappa shape index (κ3) is 3.42. The topological polar surface area (TPSA) is 84.8 Å². The lowest BCUT2D eigenvalue weighted by Gasteiger charge is -2.09. The summed E-state index contributed by atoms with van der Waals surface area (Å²) < 4.78 is 6.74. The molecule has 0 aliphatic heterocycles. The maximum atomic E-state index is 12.0. The van der Waals surface area contributed by atoms with Crippen LogP contribution in [0.5, 0.6) is 0 Å². The van der Waals surface area contributed by atoms with Crippen molar-refractivity contribution >= 4 is 21.6 Å². The van der Waals surface area contributed by atoms with E-state index in [1.807, 2.05) is 0 Å². The third-order valence-electron chi connectivity index (χ3n) is 2.53. The van der Waals surface area contributed by atoms with Gasteiger partial charge in [0.2, 0.25) is 0 Å². The second kappa shape index (κ2) is 6.48. The molecule has 7 nitrogen and oxygen atoms in total. The molecule has 0 amide bonds. The van der Waals surface area contributed by atoms with Crippen molar-refractivity contribution in [3.8, 4) is 0 Å². The van der Waals surface area contributed by atoms with Crippen LogP contribution in [0.3, 0.4) is 0 Å². The van der Waals surface area contributed by atoms with Crippen molar-refractivity contribution < 1.29 is 4.74 Å². The molecule has 19 heavy (non-hydrogen) atoms. The van der Waals surface area contributed by atoms with E-state index in [1.165, 1.54) is 4.68 Å². The number of nitrogens with zero attached hydrogens (tertiary/aromatic N) is 3. The lowest BCUT2D eigenvalue weighted by molar-refractivity contribution is 0.181. The third-order valence-corrected chi connectivity index (χ3v) is 3.30. The molecule has 0 aromatic carbocycles. The normalized spacial score (nSPS) is 10.6. The van der Waals surface area contributed by atoms with Gasteiger partial charge in [0.15, 0.2) is 0 Å². The molecule has 0 bridgehead atoms. The van der Waals surface area contributed by atoms with E-state index >= 15 is 0 Å². The Morgan fingerprint density at radius 2 is 2.37 bits per heavy atom. The first-order chi connectivity index (χ1) is 9.22. The Balaban J connectivity index is 2.09. The predicted octanol–water partition coefficient (Wildman–Crippen LogP) is 0.987. The van der Waals surface area contributed by atoms with Gasteiger partial charge in [-0.1, -0.05) is 0 Å². The summed E-state index contributed by atoms with van der Waals surface area (Å²) in [5.74, 6) is 0. The Labute approximate surface area is 118 Å². The molecule has 102 valence electrons. The Morgan fingerprint density at radius 3 is 3.05 bits per heavy atom. The molecule has 2 aromatic heterocycles. The minimum Gasteiger partial charge on any atom is -0.383 e. The summed E-state index contributed by atoms with van der Waals surface area (Å²) in [7, 11) is 1.58. The first kappa shape index (κ1) is 13.8. The molecule has 0 unspecified atom stereocenters. The quantitative estimate of drug-likeness (QED) is 0.826. The van der Waals surface area contributed by atoms with Gasteiger partial charge >= 0.3 is 0 Å². The second-order valence-corrected chi connectivity index (χ2v) is 4.65. The molecule has 0 aliphatic rings. The minimum atomic E-state index is -0.186. The van der Waals surface area contributed by atoms with Crippen molar-refractivity contribution in [3.63, 3.8) is 0 Å². The summed E-state index contributed by atoms with van der Waals surface area (Å²) in [6.45, 7) is 1.44. The molecular formula is C11H14BrN5O2. The first-order valence-corrected chi connectivity index (χ1v) is 6.47. The fourth-order valence-electron chi connectivity index (χ4n) is 1.50. The van der Waals surface area contributed by atoms with E-state index in [-0.39, 0.29) is 5.56 Å². The number of methoxy groups -OCH3 is 1. The zero-order chi connectivity index (χ0) is 13.7. The van der Waals surface area contributed by atoms with E-state index in [0.29, 0.717) is 29.9 Å². The number of hydrogen-bond acceptors (Lipinski definition) is 5. The van der Waals surface area contributed by atoms with Crippen LogP contribution >= 0.6 is 15.9 Å². The van der Waals surface area contributed by atoms with Crippen LogP contribution in [0.2, 0.25) is 0 Å². The lowest BCUT2D eigenvalue weighted by atomic mass is 10.3. The number of halogens is 1. The first-order valence-electron chi connectivity index (χ1n) is 5.68. The molecule has 0 radical (unpaired) electrons. The smallest absolute Gasteiger partial charge is 0.283 e. The molecular weight excluding hydrogens is 314 g/mol. The number of anilines is 1. The van der Waals surface area contributed by atoms with Crippen LogP contribution < -0.4 is 10.9 Å². The zero-order valence-electron chi connectivity index (χ0n) is 10.4. The average Bonchev–Trinajstić information content (AvgIpc) is 2.92. The Bertz CT molecular complexity index is 581. The van der Waals surface area contributed by atoms with Crippen LogP contribution in [0.15, 0.2) is 27.9 Å². The molecule has 2 heterocycles. The second-order valence-electron chi connectivity index (χ2n) is 3.85. The highest BCUT2D eigenvalue weighted by atomic mass is 79.9. The highest BCUT2D eigenvalue weighted by molar-refractivity contribution is 9.10. The summed E-state index contributed by atoms with van der Waals surface area (Å²) in [6, 6.07) is 0. The maximum absolute atomic E-state index is 12.0. The monoisotopic (exact) mass is 327 g/mol. The molecule has 0 spiro atoms. The number of ether oxygens (including phenoxy) is 1. The number of rotatable bonds is 6. The number of aromatic nitrogens is 4. The van der Waals surface area contributed by atoms with Gasteiger partial charge < -0.3 is 10.1 Å². The number of aromatic amines is 1. The number of nitrogens with one attached hydrogen (secondary N) is 2. The summed E-state index contributed by atoms with van der Waals surface area (Å²) >= 11 is 3.29. The van der Waals surface area contributed by atoms with E-state index in [2.05, 4.69) is 36.5 Å². The molecule has 0 atom stereocenters. The summed E-state index contributed by atoms with van der Waals surface area (Å²) in [5, 5.41) is 13.8. The van der Waals surface area contributed by atoms with Gasteiger partial charge in [-0.05, 0) is 15.9 Å². The summed E-state index contributed by atoms with van der Waals surface area (Å²) in [4.78, 5) is 12.0. The summed E-state index contributed by atoms with van der Waals surface area (Å²) in [6.07, 6.45) is 5.11. The minimum absolute atomic E-state index is 0.186. The Hall–Kier alpha value is -1.67. The van der Waals surface area contributed by atoms with Gasteiger partial charge in [-0.25, -0.2) is 4.68 Å². The van der Waals surface area contributed by atoms with Crippen molar-refractivity contribution in [2.45, 2.75) is 13.1 Å². The van der Waals surface area contributed by atoms with E-state index in [9.17, 15) is 4.79 Å². The molecule has 0 saturated carbocycles. The van der Waals surface area contributed by atoms with E-state index in [4.69, 9.17) is 4.74 Å². The Morgan fingerprint density at radius 1 is 1.53 bits per heavy atom. The van der Waals surface area contributed by atoms with Crippen LogP contribution in [0.25, 0.3) is 0 Å². The average molecular weight is 328 g/mol. The zero-order valence-corrected chi connectivity index (χ0v) is 12.0. The van der Waals surface area contributed by atoms with Gasteiger partial charge in [-0.2, -0.15) is 10.2 Å². The highest BCUT2D eigenvalue weighted by Crippen LogP contribution is 2.16. The molecule has 2 aromatic rings. The molecule has 0 saturated heterocycles. The molecule has 2 rings (SSSR count). The maximum Gasteiger partial charge on any atom is 0.283 e. The molecule has 0 aliphatic carbocycles. The van der Waals surface area contributed by atoms with Gasteiger partial charge in [0.1, 0.15) is 4.47 Å². The van der Waals surface area contributed by atoms with Crippen LogP contribution in [-0.4, -0.2) is 33.7 Å². The van der Waals surface area contributed by atoms with E-state index < -0.39 is 0 Å². The highest BCUT2D eigenvalue weighted by Gasteiger charge is 2.08. The lowest BCUT2D eigenvalue weighted by Crippen LogP contribution is -2.26. The van der Waals surface area contributed by atoms with Gasteiger partial charge in [0.05, 0.1) is 31.2 Å². The number of hydrogen-bond donors (Lipinski definition) is 2. The van der Waals surface area contributed by atoms with Crippen molar-refractivity contribution in [1.82, 2.24) is 20.0 Å². The van der Waals surface area contributed by atoms with Crippen LogP contribution in [0, 0.1) is 0 Å². The molecule has 8 heteroatoms. The fraction of sp³-hybridized carbons (Fsp3) is 0.364. The van der Waals surface area contributed by atoms with Crippen molar-refractivity contribution in [3.05, 3.63) is 39.0 Å². The van der Waals surface area contributed by atoms with Gasteiger partial charge in [0.25, 0.3) is 5.56 Å². The standard InChI is InChI=1S/C11H14BrN5O2/c1-19-3-2-17-11(18)10(12)9(7-16-17)13-4-8-5-14-15-6-8/h5-7,13H,2-4H2,1H3,(H,14,15). The SMILES string of the molecule is COCCn1ncc(NCc2cn[nH]c2)c(Br)c1=O. The predicted molar refractivity (Wildman–Crippen MR) is 74.0 cm³/mol. The van der Waals surface area contributed by atoms with Crippen molar-refractivity contribution in [1.29, 1.82) is 0 Å². The Kier molecular flexibility index (Phi) is 4.69. The summed E-state index contributed by atoms with van der Waals surface area (Å²) in [5.41, 5.74) is 1.46. The van der Waals surface area contributed by atoms with Crippen molar-refractivity contribution in [2.75, 3.05) is 19.0 Å². The van der Waals surface area contributed by atoms with E-state index in [0.717, 1.165) is 5.56 Å². The van der Waals surface area contributed by atoms with Crippen molar-refractivity contribution in [2.24, 2.45) is 0 Å². The molecule has 2 N–H and O–H groups in total. The van der Waals surface area contributed by atoms with E-state index in [1.54, 1.807) is 25.7 Å². The van der Waals surface area contributed by atoms with Crippen LogP contribution in [0.1, 0.15) is 5.56 Å². The number of H-pyrrole nitrogens is 1.